The molecule has 0 atom stereocenters. The predicted octanol–water partition coefficient (Wildman–Crippen LogP) is 5.04. The summed E-state index contributed by atoms with van der Waals surface area (Å²) in [6, 6.07) is 32.5. The minimum atomic E-state index is -3.71. The number of methoxy groups -OCH3 is 1. The van der Waals surface area contributed by atoms with E-state index in [9.17, 15) is 13.2 Å². The molecule has 0 unspecified atom stereocenters. The second-order valence-electron chi connectivity index (χ2n) is 8.33. The predicted molar refractivity (Wildman–Crippen MR) is 140 cm³/mol. The van der Waals surface area contributed by atoms with Crippen molar-refractivity contribution >= 4 is 15.9 Å². The molecular formula is C29H28N2O4S. The minimum absolute atomic E-state index is 0.0440. The molecule has 4 rings (SSSR count). The minimum Gasteiger partial charge on any atom is -0.496 e. The van der Waals surface area contributed by atoms with Gasteiger partial charge in [-0.15, -0.1) is 0 Å². The van der Waals surface area contributed by atoms with Gasteiger partial charge in [0, 0.05) is 24.7 Å². The van der Waals surface area contributed by atoms with Gasteiger partial charge in [-0.2, -0.15) is 4.31 Å². The van der Waals surface area contributed by atoms with E-state index in [1.54, 1.807) is 48.5 Å². The maximum atomic E-state index is 13.4. The molecule has 0 heterocycles. The summed E-state index contributed by atoms with van der Waals surface area (Å²) in [5.74, 6) is 0.231. The van der Waals surface area contributed by atoms with E-state index < -0.39 is 10.0 Å². The smallest absolute Gasteiger partial charge is 0.252 e. The fraction of sp³-hybridized carbons (Fsp3) is 0.138. The summed E-state index contributed by atoms with van der Waals surface area (Å²) in [5, 5.41) is 3.13. The van der Waals surface area contributed by atoms with Crippen LogP contribution in [-0.2, 0) is 16.6 Å². The maximum absolute atomic E-state index is 13.4. The van der Waals surface area contributed by atoms with Gasteiger partial charge in [0.25, 0.3) is 5.91 Å². The first-order valence-electron chi connectivity index (χ1n) is 11.5. The van der Waals surface area contributed by atoms with E-state index in [0.29, 0.717) is 16.9 Å². The van der Waals surface area contributed by atoms with E-state index >= 15 is 0 Å². The Morgan fingerprint density at radius 2 is 1.36 bits per heavy atom. The van der Waals surface area contributed by atoms with Gasteiger partial charge in [0.05, 0.1) is 18.0 Å². The van der Waals surface area contributed by atoms with Crippen LogP contribution in [0.1, 0.15) is 33.1 Å². The van der Waals surface area contributed by atoms with Gasteiger partial charge >= 0.3 is 0 Å². The van der Waals surface area contributed by atoms with Crippen molar-refractivity contribution in [3.05, 3.63) is 131 Å². The molecule has 0 aliphatic carbocycles. The van der Waals surface area contributed by atoms with Crippen LogP contribution in [0.4, 0.5) is 0 Å². The Balaban J connectivity index is 1.61. The molecule has 6 nitrogen and oxygen atoms in total. The zero-order valence-corrected chi connectivity index (χ0v) is 21.0. The topological polar surface area (TPSA) is 75.7 Å². The fourth-order valence-corrected chi connectivity index (χ4v) is 5.18. The number of hydrogen-bond donors (Lipinski definition) is 1. The molecule has 0 bridgehead atoms. The summed E-state index contributed by atoms with van der Waals surface area (Å²) < 4.78 is 32.8. The van der Waals surface area contributed by atoms with Crippen molar-refractivity contribution < 1.29 is 17.9 Å². The zero-order valence-electron chi connectivity index (χ0n) is 20.2. The largest absolute Gasteiger partial charge is 0.496 e. The van der Waals surface area contributed by atoms with Crippen LogP contribution in [0.3, 0.4) is 0 Å². The summed E-state index contributed by atoms with van der Waals surface area (Å²) in [4.78, 5) is 13.6. The lowest BCUT2D eigenvalue weighted by atomic mass is 9.98. The Kier molecular flexibility index (Phi) is 7.83. The number of hydrogen-bond acceptors (Lipinski definition) is 4. The molecule has 184 valence electrons. The molecule has 0 aliphatic heterocycles. The summed E-state index contributed by atoms with van der Waals surface area (Å²) in [6.45, 7) is 0.0440. The molecule has 0 radical (unpaired) electrons. The molecular weight excluding hydrogens is 472 g/mol. The number of rotatable bonds is 9. The molecule has 0 saturated heterocycles. The van der Waals surface area contributed by atoms with Crippen molar-refractivity contribution in [2.75, 3.05) is 14.2 Å². The molecule has 1 amide bonds. The van der Waals surface area contributed by atoms with E-state index in [1.807, 2.05) is 60.7 Å². The van der Waals surface area contributed by atoms with Crippen LogP contribution in [0, 0.1) is 0 Å². The lowest BCUT2D eigenvalue weighted by Crippen LogP contribution is -2.30. The van der Waals surface area contributed by atoms with Crippen molar-refractivity contribution in [1.82, 2.24) is 9.62 Å². The SMILES string of the molecule is COc1ccc(C(=O)NC(c2ccccc2)c2ccccc2)cc1CN(C)S(=O)(=O)c1ccccc1. The highest BCUT2D eigenvalue weighted by molar-refractivity contribution is 7.89. The van der Waals surface area contributed by atoms with Crippen LogP contribution in [0.25, 0.3) is 0 Å². The molecule has 0 saturated carbocycles. The normalized spacial score (nSPS) is 11.4. The molecule has 36 heavy (non-hydrogen) atoms. The van der Waals surface area contributed by atoms with Gasteiger partial charge in [-0.3, -0.25) is 4.79 Å². The van der Waals surface area contributed by atoms with Gasteiger partial charge in [0.15, 0.2) is 0 Å². The van der Waals surface area contributed by atoms with Crippen LogP contribution < -0.4 is 10.1 Å². The Morgan fingerprint density at radius 3 is 1.89 bits per heavy atom. The van der Waals surface area contributed by atoms with E-state index in [1.165, 1.54) is 18.5 Å². The van der Waals surface area contributed by atoms with E-state index in [0.717, 1.165) is 11.1 Å². The third kappa shape index (κ3) is 5.64. The Hall–Kier alpha value is -3.94. The quantitative estimate of drug-likeness (QED) is 0.350. The van der Waals surface area contributed by atoms with Crippen LogP contribution in [0.15, 0.2) is 114 Å². The third-order valence-electron chi connectivity index (χ3n) is 5.93. The number of amides is 1. The highest BCUT2D eigenvalue weighted by Crippen LogP contribution is 2.26. The molecule has 7 heteroatoms. The first-order chi connectivity index (χ1) is 17.4. The van der Waals surface area contributed by atoms with Crippen molar-refractivity contribution in [2.45, 2.75) is 17.5 Å². The lowest BCUT2D eigenvalue weighted by Gasteiger charge is -2.21. The molecule has 0 aromatic heterocycles. The average Bonchev–Trinajstić information content (AvgIpc) is 2.93. The number of nitrogens with one attached hydrogen (secondary N) is 1. The highest BCUT2D eigenvalue weighted by atomic mass is 32.2. The van der Waals surface area contributed by atoms with Crippen LogP contribution in [0.5, 0.6) is 5.75 Å². The standard InChI is InChI=1S/C29H28N2O4S/c1-31(36(33,34)26-16-10-5-11-17-26)21-25-20-24(18-19-27(25)35-2)29(32)30-28(22-12-6-3-7-13-22)23-14-8-4-9-15-23/h3-20,28H,21H2,1-2H3,(H,30,32). The number of sulfonamides is 1. The first-order valence-corrected chi connectivity index (χ1v) is 12.9. The van der Waals surface area contributed by atoms with Crippen LogP contribution in [-0.4, -0.2) is 32.8 Å². The second kappa shape index (κ2) is 11.2. The fourth-order valence-electron chi connectivity index (χ4n) is 4.01. The van der Waals surface area contributed by atoms with E-state index in [4.69, 9.17) is 4.74 Å². The van der Waals surface area contributed by atoms with Gasteiger partial charge in [-0.05, 0) is 41.5 Å². The number of nitrogens with zero attached hydrogens (tertiary/aromatic N) is 1. The van der Waals surface area contributed by atoms with E-state index in [2.05, 4.69) is 5.32 Å². The monoisotopic (exact) mass is 500 g/mol. The third-order valence-corrected chi connectivity index (χ3v) is 7.75. The molecule has 0 aliphatic rings. The van der Waals surface area contributed by atoms with Gasteiger partial charge in [0.1, 0.15) is 5.75 Å². The number of carbonyl (C=O) groups excluding carboxylic acids is 1. The summed E-state index contributed by atoms with van der Waals surface area (Å²) >= 11 is 0. The summed E-state index contributed by atoms with van der Waals surface area (Å²) in [7, 11) is -0.681. The summed E-state index contributed by atoms with van der Waals surface area (Å²) in [6.07, 6.45) is 0. The second-order valence-corrected chi connectivity index (χ2v) is 10.4. The van der Waals surface area contributed by atoms with Gasteiger partial charge in [-0.25, -0.2) is 8.42 Å². The lowest BCUT2D eigenvalue weighted by molar-refractivity contribution is 0.0942. The number of ether oxygens (including phenoxy) is 1. The first kappa shape index (κ1) is 25.2. The molecule has 4 aromatic rings. The number of carbonyl (C=O) groups is 1. The highest BCUT2D eigenvalue weighted by Gasteiger charge is 2.23. The molecule has 0 spiro atoms. The average molecular weight is 501 g/mol. The summed E-state index contributed by atoms with van der Waals surface area (Å²) in [5.41, 5.74) is 2.91. The Morgan fingerprint density at radius 1 is 0.833 bits per heavy atom. The maximum Gasteiger partial charge on any atom is 0.252 e. The van der Waals surface area contributed by atoms with Gasteiger partial charge in [0.2, 0.25) is 10.0 Å². The zero-order chi connectivity index (χ0) is 25.5. The van der Waals surface area contributed by atoms with E-state index in [-0.39, 0.29) is 23.4 Å². The molecule has 4 aromatic carbocycles. The molecule has 1 N–H and O–H groups in total. The Bertz CT molecular complexity index is 1370. The van der Waals surface area contributed by atoms with Gasteiger partial charge in [-0.1, -0.05) is 78.9 Å². The van der Waals surface area contributed by atoms with Crippen LogP contribution >= 0.6 is 0 Å². The Labute approximate surface area is 212 Å². The number of benzene rings is 4. The van der Waals surface area contributed by atoms with Crippen molar-refractivity contribution in [1.29, 1.82) is 0 Å². The van der Waals surface area contributed by atoms with Crippen molar-refractivity contribution in [2.24, 2.45) is 0 Å². The van der Waals surface area contributed by atoms with Crippen molar-refractivity contribution in [3.8, 4) is 5.75 Å². The molecule has 0 fully saturated rings. The van der Waals surface area contributed by atoms with Crippen molar-refractivity contribution in [3.63, 3.8) is 0 Å². The van der Waals surface area contributed by atoms with Gasteiger partial charge < -0.3 is 10.1 Å². The van der Waals surface area contributed by atoms with Crippen LogP contribution in [0.2, 0.25) is 0 Å².